The highest BCUT2D eigenvalue weighted by Crippen LogP contribution is 2.11. The first-order valence-corrected chi connectivity index (χ1v) is 4.09. The minimum Gasteiger partial charge on any atom is -0.451 e. The van der Waals surface area contributed by atoms with Gasteiger partial charge in [-0.3, -0.25) is 0 Å². The SMILES string of the molecule is COCc1ccnc(-c2cocn2)n1. The second-order valence-electron chi connectivity index (χ2n) is 2.68. The second kappa shape index (κ2) is 3.97. The molecule has 0 aliphatic rings. The Kier molecular flexibility index (Phi) is 2.51. The van der Waals surface area contributed by atoms with Gasteiger partial charge in [-0.2, -0.15) is 0 Å². The molecule has 2 aromatic heterocycles. The van der Waals surface area contributed by atoms with Crippen LogP contribution >= 0.6 is 0 Å². The number of oxazole rings is 1. The number of methoxy groups -OCH3 is 1. The van der Waals surface area contributed by atoms with Crippen LogP contribution in [0.25, 0.3) is 11.5 Å². The van der Waals surface area contributed by atoms with Crippen LogP contribution < -0.4 is 0 Å². The van der Waals surface area contributed by atoms with Crippen LogP contribution in [0.3, 0.4) is 0 Å². The smallest absolute Gasteiger partial charge is 0.181 e. The number of hydrogen-bond acceptors (Lipinski definition) is 5. The Labute approximate surface area is 80.8 Å². The van der Waals surface area contributed by atoms with Crippen LogP contribution in [0.1, 0.15) is 5.69 Å². The van der Waals surface area contributed by atoms with Crippen molar-refractivity contribution >= 4 is 0 Å². The maximum Gasteiger partial charge on any atom is 0.181 e. The van der Waals surface area contributed by atoms with E-state index in [1.165, 1.54) is 12.7 Å². The van der Waals surface area contributed by atoms with Crippen LogP contribution in [0, 0.1) is 0 Å². The monoisotopic (exact) mass is 191 g/mol. The lowest BCUT2D eigenvalue weighted by Gasteiger charge is -1.99. The van der Waals surface area contributed by atoms with Gasteiger partial charge in [0.2, 0.25) is 0 Å². The van der Waals surface area contributed by atoms with Crippen LogP contribution in [-0.4, -0.2) is 22.1 Å². The number of rotatable bonds is 3. The Morgan fingerprint density at radius 3 is 3.07 bits per heavy atom. The predicted octanol–water partition coefficient (Wildman–Crippen LogP) is 1.28. The molecule has 2 heterocycles. The fourth-order valence-corrected chi connectivity index (χ4v) is 1.07. The molecular weight excluding hydrogens is 182 g/mol. The van der Waals surface area contributed by atoms with Crippen molar-refractivity contribution in [2.75, 3.05) is 7.11 Å². The first-order chi connectivity index (χ1) is 6.90. The molecule has 5 heteroatoms. The molecule has 0 atom stereocenters. The Bertz CT molecular complexity index is 400. The fraction of sp³-hybridized carbons (Fsp3) is 0.222. The third kappa shape index (κ3) is 1.77. The number of ether oxygens (including phenoxy) is 1. The maximum atomic E-state index is 4.97. The third-order valence-electron chi connectivity index (χ3n) is 1.67. The van der Waals surface area contributed by atoms with E-state index in [-0.39, 0.29) is 0 Å². The summed E-state index contributed by atoms with van der Waals surface area (Å²) in [4.78, 5) is 12.3. The molecule has 0 aliphatic carbocycles. The van der Waals surface area contributed by atoms with Gasteiger partial charge in [-0.1, -0.05) is 0 Å². The standard InChI is InChI=1S/C9H9N3O2/c1-13-4-7-2-3-10-9(12-7)8-5-14-6-11-8/h2-3,5-6H,4H2,1H3. The molecule has 0 spiro atoms. The summed E-state index contributed by atoms with van der Waals surface area (Å²) in [6, 6.07) is 1.80. The minimum atomic E-state index is 0.466. The molecule has 2 rings (SSSR count). The average Bonchev–Trinajstić information content (AvgIpc) is 2.71. The van der Waals surface area contributed by atoms with Crippen molar-refractivity contribution in [3.05, 3.63) is 30.6 Å². The maximum absolute atomic E-state index is 4.97. The van der Waals surface area contributed by atoms with Gasteiger partial charge in [0.15, 0.2) is 12.2 Å². The van der Waals surface area contributed by atoms with Crippen molar-refractivity contribution < 1.29 is 9.15 Å². The molecule has 0 fully saturated rings. The van der Waals surface area contributed by atoms with E-state index < -0.39 is 0 Å². The first kappa shape index (κ1) is 8.83. The van der Waals surface area contributed by atoms with Gasteiger partial charge >= 0.3 is 0 Å². The third-order valence-corrected chi connectivity index (χ3v) is 1.67. The van der Waals surface area contributed by atoms with E-state index in [0.29, 0.717) is 18.1 Å². The summed E-state index contributed by atoms with van der Waals surface area (Å²) < 4.78 is 9.81. The summed E-state index contributed by atoms with van der Waals surface area (Å²) in [5.41, 5.74) is 1.45. The van der Waals surface area contributed by atoms with Gasteiger partial charge in [0.05, 0.1) is 12.3 Å². The molecule has 14 heavy (non-hydrogen) atoms. The quantitative estimate of drug-likeness (QED) is 0.731. The van der Waals surface area contributed by atoms with Crippen molar-refractivity contribution in [1.29, 1.82) is 0 Å². The topological polar surface area (TPSA) is 61.0 Å². The normalized spacial score (nSPS) is 10.4. The van der Waals surface area contributed by atoms with E-state index >= 15 is 0 Å². The summed E-state index contributed by atoms with van der Waals surface area (Å²) >= 11 is 0. The molecule has 0 aromatic carbocycles. The minimum absolute atomic E-state index is 0.466. The van der Waals surface area contributed by atoms with Crippen molar-refractivity contribution in [2.45, 2.75) is 6.61 Å². The van der Waals surface area contributed by atoms with Crippen LogP contribution in [0.15, 0.2) is 29.3 Å². The van der Waals surface area contributed by atoms with Crippen LogP contribution in [0.4, 0.5) is 0 Å². The van der Waals surface area contributed by atoms with Gasteiger partial charge in [0.1, 0.15) is 12.0 Å². The van der Waals surface area contributed by atoms with Gasteiger partial charge in [-0.25, -0.2) is 15.0 Å². The largest absolute Gasteiger partial charge is 0.451 e. The molecule has 0 radical (unpaired) electrons. The Balaban J connectivity index is 2.31. The molecular formula is C9H9N3O2. The molecule has 0 N–H and O–H groups in total. The van der Waals surface area contributed by atoms with E-state index in [1.807, 2.05) is 0 Å². The highest BCUT2D eigenvalue weighted by molar-refractivity contribution is 5.45. The van der Waals surface area contributed by atoms with E-state index in [2.05, 4.69) is 15.0 Å². The van der Waals surface area contributed by atoms with E-state index in [1.54, 1.807) is 19.4 Å². The van der Waals surface area contributed by atoms with Crippen LogP contribution in [-0.2, 0) is 11.3 Å². The zero-order chi connectivity index (χ0) is 9.80. The number of aromatic nitrogens is 3. The molecule has 2 aromatic rings. The van der Waals surface area contributed by atoms with Crippen molar-refractivity contribution in [3.8, 4) is 11.5 Å². The summed E-state index contributed by atoms with van der Waals surface area (Å²) in [5, 5.41) is 0. The van der Waals surface area contributed by atoms with Crippen LogP contribution in [0.5, 0.6) is 0 Å². The Morgan fingerprint density at radius 2 is 2.36 bits per heavy atom. The van der Waals surface area contributed by atoms with Crippen molar-refractivity contribution in [2.24, 2.45) is 0 Å². The van der Waals surface area contributed by atoms with Gasteiger partial charge in [0.25, 0.3) is 0 Å². The van der Waals surface area contributed by atoms with Crippen LogP contribution in [0.2, 0.25) is 0 Å². The molecule has 5 nitrogen and oxygen atoms in total. The summed E-state index contributed by atoms with van der Waals surface area (Å²) in [6.45, 7) is 0.466. The lowest BCUT2D eigenvalue weighted by Crippen LogP contribution is -1.96. The van der Waals surface area contributed by atoms with Gasteiger partial charge in [0, 0.05) is 13.3 Å². The molecule has 0 unspecified atom stereocenters. The van der Waals surface area contributed by atoms with Gasteiger partial charge < -0.3 is 9.15 Å². The molecule has 0 amide bonds. The molecule has 0 bridgehead atoms. The summed E-state index contributed by atoms with van der Waals surface area (Å²) in [7, 11) is 1.62. The lowest BCUT2D eigenvalue weighted by molar-refractivity contribution is 0.181. The zero-order valence-corrected chi connectivity index (χ0v) is 7.67. The van der Waals surface area contributed by atoms with E-state index in [4.69, 9.17) is 9.15 Å². The average molecular weight is 191 g/mol. The van der Waals surface area contributed by atoms with Crippen molar-refractivity contribution in [1.82, 2.24) is 15.0 Å². The molecule has 0 aliphatic heterocycles. The molecule has 0 saturated heterocycles. The highest BCUT2D eigenvalue weighted by atomic mass is 16.5. The number of nitrogens with zero attached hydrogens (tertiary/aromatic N) is 3. The highest BCUT2D eigenvalue weighted by Gasteiger charge is 2.04. The van der Waals surface area contributed by atoms with Gasteiger partial charge in [-0.05, 0) is 6.07 Å². The Morgan fingerprint density at radius 1 is 1.43 bits per heavy atom. The van der Waals surface area contributed by atoms with Crippen molar-refractivity contribution in [3.63, 3.8) is 0 Å². The fourth-order valence-electron chi connectivity index (χ4n) is 1.07. The Hall–Kier alpha value is -1.75. The molecule has 0 saturated carbocycles. The van der Waals surface area contributed by atoms with E-state index in [9.17, 15) is 0 Å². The zero-order valence-electron chi connectivity index (χ0n) is 7.67. The number of hydrogen-bond donors (Lipinski definition) is 0. The predicted molar refractivity (Wildman–Crippen MR) is 48.2 cm³/mol. The lowest BCUT2D eigenvalue weighted by atomic mass is 10.4. The van der Waals surface area contributed by atoms with E-state index in [0.717, 1.165) is 5.69 Å². The summed E-state index contributed by atoms with van der Waals surface area (Å²) in [5.74, 6) is 0.549. The van der Waals surface area contributed by atoms with Gasteiger partial charge in [-0.15, -0.1) is 0 Å². The molecule has 72 valence electrons. The summed E-state index contributed by atoms with van der Waals surface area (Å²) in [6.07, 6.45) is 4.53. The first-order valence-electron chi connectivity index (χ1n) is 4.09. The second-order valence-corrected chi connectivity index (χ2v) is 2.68.